The van der Waals surface area contributed by atoms with Crippen LogP contribution in [0, 0.1) is 0 Å². The number of nitrogens with one attached hydrogen (secondary N) is 1. The summed E-state index contributed by atoms with van der Waals surface area (Å²) in [6.45, 7) is 3.76. The number of amides is 2. The fourth-order valence-electron chi connectivity index (χ4n) is 2.13. The van der Waals surface area contributed by atoms with Gasteiger partial charge in [0.15, 0.2) is 5.69 Å². The molecule has 0 aliphatic heterocycles. The van der Waals surface area contributed by atoms with Crippen molar-refractivity contribution in [1.29, 1.82) is 0 Å². The zero-order valence-electron chi connectivity index (χ0n) is 14.4. The van der Waals surface area contributed by atoms with E-state index < -0.39 is 17.9 Å². The van der Waals surface area contributed by atoms with E-state index in [2.05, 4.69) is 15.5 Å². The average Bonchev–Trinajstić information content (AvgIpc) is 3.19. The Bertz CT molecular complexity index is 807. The number of nitrogens with zero attached hydrogens (tertiary/aromatic N) is 5. The normalized spacial score (nSPS) is 11.8. The number of rotatable bonds is 6. The Morgan fingerprint density at radius 1 is 1.36 bits per heavy atom. The second kappa shape index (κ2) is 7.16. The molecule has 10 heteroatoms. The van der Waals surface area contributed by atoms with Gasteiger partial charge < -0.3 is 15.3 Å². The van der Waals surface area contributed by atoms with E-state index in [1.54, 1.807) is 14.1 Å². The Balaban J connectivity index is 2.25. The van der Waals surface area contributed by atoms with Crippen molar-refractivity contribution >= 4 is 23.5 Å². The van der Waals surface area contributed by atoms with Crippen LogP contribution in [-0.4, -0.2) is 61.4 Å². The molecule has 0 radical (unpaired) electrons. The van der Waals surface area contributed by atoms with Crippen LogP contribution < -0.4 is 5.32 Å². The minimum absolute atomic E-state index is 0.0422. The molecule has 0 aromatic carbocycles. The van der Waals surface area contributed by atoms with Crippen LogP contribution in [0.3, 0.4) is 0 Å². The molecule has 0 aliphatic rings. The summed E-state index contributed by atoms with van der Waals surface area (Å²) >= 11 is 0. The molecule has 1 atom stereocenters. The number of carboxylic acids is 1. The Labute approximate surface area is 144 Å². The highest BCUT2D eigenvalue weighted by atomic mass is 16.4. The van der Waals surface area contributed by atoms with Crippen molar-refractivity contribution in [3.8, 4) is 0 Å². The number of carbonyl (C=O) groups is 3. The quantitative estimate of drug-likeness (QED) is 0.792. The van der Waals surface area contributed by atoms with E-state index in [1.165, 1.54) is 39.6 Å². The van der Waals surface area contributed by atoms with E-state index in [1.807, 2.05) is 6.92 Å². The first-order valence-corrected chi connectivity index (χ1v) is 7.63. The van der Waals surface area contributed by atoms with Crippen LogP contribution in [0.1, 0.15) is 40.9 Å². The molecule has 2 N–H and O–H groups in total. The number of carbonyl (C=O) groups excluding carboxylic acids is 2. The highest BCUT2D eigenvalue weighted by Crippen LogP contribution is 2.18. The fourth-order valence-corrected chi connectivity index (χ4v) is 2.13. The molecule has 0 bridgehead atoms. The first-order valence-electron chi connectivity index (χ1n) is 7.63. The highest BCUT2D eigenvalue weighted by Gasteiger charge is 2.23. The van der Waals surface area contributed by atoms with Gasteiger partial charge in [0.1, 0.15) is 11.7 Å². The number of aliphatic carboxylic acids is 1. The largest absolute Gasteiger partial charge is 0.480 e. The van der Waals surface area contributed by atoms with Gasteiger partial charge in [0.25, 0.3) is 11.8 Å². The van der Waals surface area contributed by atoms with Crippen LogP contribution in [-0.2, 0) is 11.3 Å². The third-order valence-corrected chi connectivity index (χ3v) is 3.59. The van der Waals surface area contributed by atoms with E-state index in [9.17, 15) is 14.4 Å². The minimum atomic E-state index is -1.06. The van der Waals surface area contributed by atoms with Gasteiger partial charge in [-0.3, -0.25) is 19.0 Å². The lowest BCUT2D eigenvalue weighted by Gasteiger charge is -2.13. The molecule has 1 unspecified atom stereocenters. The molecular formula is C15H20N6O4. The molecule has 0 spiro atoms. The summed E-state index contributed by atoms with van der Waals surface area (Å²) in [5.74, 6) is -1.90. The van der Waals surface area contributed by atoms with Crippen LogP contribution >= 0.6 is 0 Å². The molecule has 0 saturated heterocycles. The predicted octanol–water partition coefficient (Wildman–Crippen LogP) is 0.699. The monoisotopic (exact) mass is 348 g/mol. The Morgan fingerprint density at radius 3 is 2.60 bits per heavy atom. The summed E-state index contributed by atoms with van der Waals surface area (Å²) in [6, 6.07) is 0.516. The van der Waals surface area contributed by atoms with E-state index in [-0.39, 0.29) is 23.0 Å². The SMILES string of the molecule is CCn1ncc(NC(=O)c2ccn(C(C)C(=O)O)n2)c1C(=O)N(C)C. The maximum atomic E-state index is 12.4. The maximum absolute atomic E-state index is 12.4. The molecule has 0 fully saturated rings. The summed E-state index contributed by atoms with van der Waals surface area (Å²) < 4.78 is 2.67. The molecule has 2 aromatic rings. The van der Waals surface area contributed by atoms with Crippen LogP contribution in [0.4, 0.5) is 5.69 Å². The number of anilines is 1. The zero-order chi connectivity index (χ0) is 18.7. The predicted molar refractivity (Wildman–Crippen MR) is 88.4 cm³/mol. The van der Waals surface area contributed by atoms with Crippen molar-refractivity contribution in [2.75, 3.05) is 19.4 Å². The van der Waals surface area contributed by atoms with Crippen molar-refractivity contribution in [1.82, 2.24) is 24.5 Å². The molecule has 0 saturated carbocycles. The second-order valence-corrected chi connectivity index (χ2v) is 5.57. The number of hydrogen-bond donors (Lipinski definition) is 2. The van der Waals surface area contributed by atoms with Gasteiger partial charge in [-0.25, -0.2) is 4.79 Å². The molecule has 2 rings (SSSR count). The van der Waals surface area contributed by atoms with Crippen molar-refractivity contribution in [3.05, 3.63) is 29.8 Å². The fraction of sp³-hybridized carbons (Fsp3) is 0.400. The van der Waals surface area contributed by atoms with Gasteiger partial charge in [-0.15, -0.1) is 0 Å². The van der Waals surface area contributed by atoms with Gasteiger partial charge in [-0.05, 0) is 19.9 Å². The lowest BCUT2D eigenvalue weighted by molar-refractivity contribution is -0.140. The minimum Gasteiger partial charge on any atom is -0.480 e. The average molecular weight is 348 g/mol. The van der Waals surface area contributed by atoms with Crippen molar-refractivity contribution in [3.63, 3.8) is 0 Å². The standard InChI is InChI=1S/C15H20N6O4/c1-5-20-12(14(23)19(3)4)11(8-16-20)17-13(22)10-6-7-21(18-10)9(2)15(24)25/h6-9H,5H2,1-4H3,(H,17,22)(H,24,25). The van der Waals surface area contributed by atoms with E-state index in [4.69, 9.17) is 5.11 Å². The number of carboxylic acid groups (broad SMARTS) is 1. The molecule has 2 aromatic heterocycles. The maximum Gasteiger partial charge on any atom is 0.328 e. The first kappa shape index (κ1) is 18.2. The number of hydrogen-bond acceptors (Lipinski definition) is 5. The van der Waals surface area contributed by atoms with E-state index >= 15 is 0 Å². The number of aryl methyl sites for hydroxylation is 1. The first-order chi connectivity index (χ1) is 11.8. The van der Waals surface area contributed by atoms with Crippen LogP contribution in [0.15, 0.2) is 18.5 Å². The molecule has 10 nitrogen and oxygen atoms in total. The molecule has 0 aliphatic carbocycles. The molecule has 134 valence electrons. The molecule has 25 heavy (non-hydrogen) atoms. The van der Waals surface area contributed by atoms with Gasteiger partial charge in [0.05, 0.1) is 11.9 Å². The van der Waals surface area contributed by atoms with E-state index in [0.717, 1.165) is 0 Å². The summed E-state index contributed by atoms with van der Waals surface area (Å²) in [5, 5.41) is 19.6. The van der Waals surface area contributed by atoms with Gasteiger partial charge in [0.2, 0.25) is 0 Å². The Morgan fingerprint density at radius 2 is 2.04 bits per heavy atom. The molecule has 2 amide bonds. The summed E-state index contributed by atoms with van der Waals surface area (Å²) in [6.07, 6.45) is 2.81. The van der Waals surface area contributed by atoms with E-state index in [0.29, 0.717) is 6.54 Å². The summed E-state index contributed by atoms with van der Waals surface area (Å²) in [5.41, 5.74) is 0.575. The Hall–Kier alpha value is -3.17. The lowest BCUT2D eigenvalue weighted by Crippen LogP contribution is -2.26. The van der Waals surface area contributed by atoms with Crippen LogP contribution in [0.5, 0.6) is 0 Å². The molecule has 2 heterocycles. The lowest BCUT2D eigenvalue weighted by atomic mass is 10.3. The summed E-state index contributed by atoms with van der Waals surface area (Å²) in [7, 11) is 3.21. The van der Waals surface area contributed by atoms with Crippen LogP contribution in [0.25, 0.3) is 0 Å². The van der Waals surface area contributed by atoms with Crippen molar-refractivity contribution in [2.45, 2.75) is 26.4 Å². The van der Waals surface area contributed by atoms with Gasteiger partial charge in [-0.2, -0.15) is 10.2 Å². The van der Waals surface area contributed by atoms with Gasteiger partial charge in [0, 0.05) is 26.8 Å². The third kappa shape index (κ3) is 3.67. The van der Waals surface area contributed by atoms with Crippen molar-refractivity contribution in [2.24, 2.45) is 0 Å². The number of aromatic nitrogens is 4. The van der Waals surface area contributed by atoms with Gasteiger partial charge >= 0.3 is 5.97 Å². The summed E-state index contributed by atoms with van der Waals surface area (Å²) in [4.78, 5) is 37.1. The topological polar surface area (TPSA) is 122 Å². The van der Waals surface area contributed by atoms with Crippen LogP contribution in [0.2, 0.25) is 0 Å². The highest BCUT2D eigenvalue weighted by molar-refractivity contribution is 6.07. The second-order valence-electron chi connectivity index (χ2n) is 5.57. The third-order valence-electron chi connectivity index (χ3n) is 3.59. The van der Waals surface area contributed by atoms with Crippen molar-refractivity contribution < 1.29 is 19.5 Å². The zero-order valence-corrected chi connectivity index (χ0v) is 14.4. The smallest absolute Gasteiger partial charge is 0.328 e. The molecular weight excluding hydrogens is 328 g/mol. The van der Waals surface area contributed by atoms with Gasteiger partial charge in [-0.1, -0.05) is 0 Å². The Kier molecular flexibility index (Phi) is 5.20.